The second-order valence-corrected chi connectivity index (χ2v) is 7.21. The molecule has 0 bridgehead atoms. The Morgan fingerprint density at radius 2 is 1.96 bits per heavy atom. The van der Waals surface area contributed by atoms with Crippen LogP contribution in [0, 0.1) is 5.92 Å². The van der Waals surface area contributed by atoms with Crippen molar-refractivity contribution in [1.82, 2.24) is 4.90 Å². The Balaban J connectivity index is 1.49. The van der Waals surface area contributed by atoms with Gasteiger partial charge in [-0.15, -0.1) is 0 Å². The SMILES string of the molecule is O=C(O)CCC1CCCN(C(=O)COc2ccc3c(c2)CCCC3)C1. The molecule has 1 saturated heterocycles. The molecule has 1 amide bonds. The van der Waals surface area contributed by atoms with Crippen LogP contribution in [-0.4, -0.2) is 41.6 Å². The number of carboxylic acids is 1. The van der Waals surface area contributed by atoms with E-state index in [-0.39, 0.29) is 24.9 Å². The van der Waals surface area contributed by atoms with Crippen LogP contribution >= 0.6 is 0 Å². The molecule has 1 aromatic rings. The maximum atomic E-state index is 12.4. The quantitative estimate of drug-likeness (QED) is 0.860. The Labute approximate surface area is 149 Å². The Bertz CT molecular complexity index is 628. The maximum absolute atomic E-state index is 12.4. The minimum Gasteiger partial charge on any atom is -0.484 e. The number of carboxylic acid groups (broad SMARTS) is 1. The molecule has 1 aliphatic carbocycles. The van der Waals surface area contributed by atoms with Crippen molar-refractivity contribution in [3.63, 3.8) is 0 Å². The van der Waals surface area contributed by atoms with Gasteiger partial charge in [0.25, 0.3) is 5.91 Å². The summed E-state index contributed by atoms with van der Waals surface area (Å²) in [5, 5.41) is 8.81. The highest BCUT2D eigenvalue weighted by Gasteiger charge is 2.24. The lowest BCUT2D eigenvalue weighted by atomic mass is 9.92. The summed E-state index contributed by atoms with van der Waals surface area (Å²) in [6, 6.07) is 6.16. The zero-order chi connectivity index (χ0) is 17.6. The molecule has 1 unspecified atom stereocenters. The van der Waals surface area contributed by atoms with E-state index >= 15 is 0 Å². The van der Waals surface area contributed by atoms with Gasteiger partial charge in [0, 0.05) is 19.5 Å². The highest BCUT2D eigenvalue weighted by atomic mass is 16.5. The van der Waals surface area contributed by atoms with Crippen LogP contribution in [0.25, 0.3) is 0 Å². The molecule has 3 rings (SSSR count). The van der Waals surface area contributed by atoms with Gasteiger partial charge in [-0.3, -0.25) is 9.59 Å². The molecule has 1 fully saturated rings. The minimum atomic E-state index is -0.765. The number of rotatable bonds is 6. The first kappa shape index (κ1) is 17.8. The summed E-state index contributed by atoms with van der Waals surface area (Å²) in [6.07, 6.45) is 7.48. The average molecular weight is 345 g/mol. The summed E-state index contributed by atoms with van der Waals surface area (Å²) in [5.74, 6) is 0.294. The van der Waals surface area contributed by atoms with Crippen molar-refractivity contribution in [2.24, 2.45) is 5.92 Å². The molecule has 0 spiro atoms. The first-order valence-electron chi connectivity index (χ1n) is 9.36. The summed E-state index contributed by atoms with van der Waals surface area (Å²) < 4.78 is 5.74. The summed E-state index contributed by atoms with van der Waals surface area (Å²) in [5.41, 5.74) is 2.75. The van der Waals surface area contributed by atoms with Crippen LogP contribution in [0.2, 0.25) is 0 Å². The van der Waals surface area contributed by atoms with E-state index in [4.69, 9.17) is 9.84 Å². The summed E-state index contributed by atoms with van der Waals surface area (Å²) >= 11 is 0. The van der Waals surface area contributed by atoms with E-state index < -0.39 is 5.97 Å². The molecule has 2 aliphatic rings. The topological polar surface area (TPSA) is 66.8 Å². The summed E-state index contributed by atoms with van der Waals surface area (Å²) in [6.45, 7) is 1.46. The highest BCUT2D eigenvalue weighted by molar-refractivity contribution is 5.78. The third-order valence-electron chi connectivity index (χ3n) is 5.32. The van der Waals surface area contributed by atoms with Gasteiger partial charge < -0.3 is 14.7 Å². The second-order valence-electron chi connectivity index (χ2n) is 7.21. The number of hydrogen-bond donors (Lipinski definition) is 1. The van der Waals surface area contributed by atoms with Crippen LogP contribution in [-0.2, 0) is 22.4 Å². The molecule has 136 valence electrons. The Hall–Kier alpha value is -2.04. The van der Waals surface area contributed by atoms with Gasteiger partial charge >= 0.3 is 5.97 Å². The van der Waals surface area contributed by atoms with E-state index in [0.717, 1.165) is 38.0 Å². The number of benzene rings is 1. The molecular weight excluding hydrogens is 318 g/mol. The number of carbonyl (C=O) groups excluding carboxylic acids is 1. The van der Waals surface area contributed by atoms with Gasteiger partial charge in [0.2, 0.25) is 0 Å². The predicted molar refractivity (Wildman–Crippen MR) is 94.8 cm³/mol. The Kier molecular flexibility index (Phi) is 5.95. The summed E-state index contributed by atoms with van der Waals surface area (Å²) in [7, 11) is 0. The Morgan fingerprint density at radius 1 is 1.16 bits per heavy atom. The fraction of sp³-hybridized carbons (Fsp3) is 0.600. The van der Waals surface area contributed by atoms with Crippen molar-refractivity contribution in [2.45, 2.75) is 51.4 Å². The first-order valence-corrected chi connectivity index (χ1v) is 9.36. The van der Waals surface area contributed by atoms with Crippen molar-refractivity contribution in [3.05, 3.63) is 29.3 Å². The highest BCUT2D eigenvalue weighted by Crippen LogP contribution is 2.26. The molecule has 0 radical (unpaired) electrons. The van der Waals surface area contributed by atoms with Gasteiger partial charge in [-0.1, -0.05) is 6.07 Å². The van der Waals surface area contributed by atoms with E-state index in [1.54, 1.807) is 0 Å². The minimum absolute atomic E-state index is 0.00209. The van der Waals surface area contributed by atoms with Crippen LogP contribution in [0.4, 0.5) is 0 Å². The van der Waals surface area contributed by atoms with E-state index in [9.17, 15) is 9.59 Å². The zero-order valence-corrected chi connectivity index (χ0v) is 14.7. The summed E-state index contributed by atoms with van der Waals surface area (Å²) in [4.78, 5) is 25.0. The molecule has 1 atom stereocenters. The third kappa shape index (κ3) is 4.97. The molecule has 5 heteroatoms. The fourth-order valence-corrected chi connectivity index (χ4v) is 3.89. The smallest absolute Gasteiger partial charge is 0.303 e. The first-order chi connectivity index (χ1) is 12.1. The second kappa shape index (κ2) is 8.37. The Morgan fingerprint density at radius 3 is 2.76 bits per heavy atom. The standard InChI is InChI=1S/C20H27NO4/c22-19(21-11-3-4-15(13-21)7-10-20(23)24)14-25-18-9-8-16-5-1-2-6-17(16)12-18/h8-9,12,15H,1-7,10-11,13-14H2,(H,23,24). The maximum Gasteiger partial charge on any atom is 0.303 e. The number of likely N-dealkylation sites (tertiary alicyclic amines) is 1. The van der Waals surface area contributed by atoms with Crippen molar-refractivity contribution in [2.75, 3.05) is 19.7 Å². The molecule has 1 heterocycles. The van der Waals surface area contributed by atoms with E-state index in [1.165, 1.54) is 24.0 Å². The number of amides is 1. The number of nitrogens with zero attached hydrogens (tertiary/aromatic N) is 1. The molecular formula is C20H27NO4. The number of aliphatic carboxylic acids is 1. The molecule has 1 aromatic carbocycles. The van der Waals surface area contributed by atoms with Crippen LogP contribution in [0.1, 0.15) is 49.7 Å². The van der Waals surface area contributed by atoms with Crippen molar-refractivity contribution >= 4 is 11.9 Å². The van der Waals surface area contributed by atoms with Gasteiger partial charge in [0.1, 0.15) is 5.75 Å². The van der Waals surface area contributed by atoms with Gasteiger partial charge in [-0.25, -0.2) is 0 Å². The fourth-order valence-electron chi connectivity index (χ4n) is 3.89. The van der Waals surface area contributed by atoms with Gasteiger partial charge in [-0.05, 0) is 74.1 Å². The van der Waals surface area contributed by atoms with Crippen molar-refractivity contribution < 1.29 is 19.4 Å². The van der Waals surface area contributed by atoms with Gasteiger partial charge in [0.05, 0.1) is 0 Å². The molecule has 0 aromatic heterocycles. The van der Waals surface area contributed by atoms with Crippen LogP contribution in [0.3, 0.4) is 0 Å². The number of aryl methyl sites for hydroxylation is 2. The monoisotopic (exact) mass is 345 g/mol. The average Bonchev–Trinajstić information content (AvgIpc) is 2.64. The van der Waals surface area contributed by atoms with Gasteiger partial charge in [-0.2, -0.15) is 0 Å². The van der Waals surface area contributed by atoms with Crippen molar-refractivity contribution in [3.8, 4) is 5.75 Å². The molecule has 1 N–H and O–H groups in total. The van der Waals surface area contributed by atoms with Crippen molar-refractivity contribution in [1.29, 1.82) is 0 Å². The van der Waals surface area contributed by atoms with Crippen LogP contribution < -0.4 is 4.74 Å². The normalized spacial score (nSPS) is 20.0. The van der Waals surface area contributed by atoms with E-state index in [0.29, 0.717) is 13.0 Å². The largest absolute Gasteiger partial charge is 0.484 e. The molecule has 25 heavy (non-hydrogen) atoms. The van der Waals surface area contributed by atoms with Gasteiger partial charge in [0.15, 0.2) is 6.61 Å². The van der Waals surface area contributed by atoms with Crippen LogP contribution in [0.15, 0.2) is 18.2 Å². The third-order valence-corrected chi connectivity index (χ3v) is 5.32. The molecule has 0 saturated carbocycles. The lowest BCUT2D eigenvalue weighted by Crippen LogP contribution is -2.42. The van der Waals surface area contributed by atoms with E-state index in [1.807, 2.05) is 11.0 Å². The number of ether oxygens (including phenoxy) is 1. The van der Waals surface area contributed by atoms with E-state index in [2.05, 4.69) is 12.1 Å². The zero-order valence-electron chi connectivity index (χ0n) is 14.7. The molecule has 5 nitrogen and oxygen atoms in total. The number of carbonyl (C=O) groups is 2. The number of fused-ring (bicyclic) bond motifs is 1. The number of piperidine rings is 1. The lowest BCUT2D eigenvalue weighted by Gasteiger charge is -2.32. The molecule has 1 aliphatic heterocycles. The number of hydrogen-bond acceptors (Lipinski definition) is 3. The predicted octanol–water partition coefficient (Wildman–Crippen LogP) is 3.05. The van der Waals surface area contributed by atoms with Crippen LogP contribution in [0.5, 0.6) is 5.75 Å². The lowest BCUT2D eigenvalue weighted by molar-refractivity contribution is -0.137.